The van der Waals surface area contributed by atoms with Crippen LogP contribution in [0.5, 0.6) is 0 Å². The molecule has 2 fully saturated rings. The number of aryl methyl sites for hydroxylation is 1. The molecule has 1 aliphatic heterocycles. The summed E-state index contributed by atoms with van der Waals surface area (Å²) in [6.45, 7) is 4.92. The number of nitrogens with one attached hydrogen (secondary N) is 1. The van der Waals surface area contributed by atoms with Crippen LogP contribution in [-0.2, 0) is 6.54 Å². The van der Waals surface area contributed by atoms with Crippen LogP contribution in [0.2, 0.25) is 0 Å². The normalized spacial score (nSPS) is 26.3. The van der Waals surface area contributed by atoms with E-state index in [9.17, 15) is 0 Å². The molecule has 1 unspecified atom stereocenters. The summed E-state index contributed by atoms with van der Waals surface area (Å²) < 4.78 is 5.00. The third-order valence-corrected chi connectivity index (χ3v) is 3.49. The quantitative estimate of drug-likeness (QED) is 0.848. The van der Waals surface area contributed by atoms with Crippen molar-refractivity contribution in [1.82, 2.24) is 20.4 Å². The van der Waals surface area contributed by atoms with E-state index in [0.717, 1.165) is 31.5 Å². The summed E-state index contributed by atoms with van der Waals surface area (Å²) in [5.41, 5.74) is 0. The predicted octanol–water partition coefficient (Wildman–Crippen LogP) is 1.09. The minimum Gasteiger partial charge on any atom is -0.340 e. The van der Waals surface area contributed by atoms with Gasteiger partial charge in [-0.3, -0.25) is 4.90 Å². The summed E-state index contributed by atoms with van der Waals surface area (Å²) in [7, 11) is 0. The van der Waals surface area contributed by atoms with E-state index >= 15 is 0 Å². The second kappa shape index (κ2) is 4.74. The van der Waals surface area contributed by atoms with Crippen LogP contribution in [0.4, 0.5) is 0 Å². The van der Waals surface area contributed by atoms with Crippen LogP contribution in [0.1, 0.15) is 37.4 Å². The molecule has 1 N–H and O–H groups in total. The molecule has 2 aliphatic rings. The largest absolute Gasteiger partial charge is 0.340 e. The zero-order valence-corrected chi connectivity index (χ0v) is 10.4. The Labute approximate surface area is 102 Å². The van der Waals surface area contributed by atoms with Crippen LogP contribution in [-0.4, -0.2) is 40.2 Å². The number of nitrogens with zero attached hydrogens (tertiary/aromatic N) is 3. The summed E-state index contributed by atoms with van der Waals surface area (Å²) >= 11 is 0. The Bertz CT molecular complexity index is 374. The SMILES string of the molecule is Cc1nc(CN2CCCC(NC3CC3)C2)no1. The number of hydrogen-bond donors (Lipinski definition) is 1. The second-order valence-electron chi connectivity index (χ2n) is 5.24. The number of aromatic nitrogens is 2. The molecule has 3 rings (SSSR count). The molecule has 0 radical (unpaired) electrons. The first kappa shape index (κ1) is 11.2. The summed E-state index contributed by atoms with van der Waals surface area (Å²) in [5.74, 6) is 1.47. The Balaban J connectivity index is 1.52. The Hall–Kier alpha value is -0.940. The van der Waals surface area contributed by atoms with Gasteiger partial charge in [0.2, 0.25) is 5.89 Å². The first-order valence-corrected chi connectivity index (χ1v) is 6.57. The van der Waals surface area contributed by atoms with Gasteiger partial charge in [-0.2, -0.15) is 4.98 Å². The summed E-state index contributed by atoms with van der Waals surface area (Å²) in [4.78, 5) is 6.69. The van der Waals surface area contributed by atoms with Crippen molar-refractivity contribution in [2.24, 2.45) is 0 Å². The Morgan fingerprint density at radius 3 is 2.94 bits per heavy atom. The van der Waals surface area contributed by atoms with Crippen molar-refractivity contribution in [1.29, 1.82) is 0 Å². The van der Waals surface area contributed by atoms with Gasteiger partial charge >= 0.3 is 0 Å². The lowest BCUT2D eigenvalue weighted by molar-refractivity contribution is 0.177. The van der Waals surface area contributed by atoms with Gasteiger partial charge in [-0.05, 0) is 32.2 Å². The van der Waals surface area contributed by atoms with E-state index in [1.165, 1.54) is 25.7 Å². The highest BCUT2D eigenvalue weighted by molar-refractivity contribution is 4.90. The van der Waals surface area contributed by atoms with Crippen LogP contribution >= 0.6 is 0 Å². The van der Waals surface area contributed by atoms with E-state index < -0.39 is 0 Å². The molecule has 1 saturated carbocycles. The first-order valence-electron chi connectivity index (χ1n) is 6.57. The monoisotopic (exact) mass is 236 g/mol. The molecule has 1 atom stereocenters. The van der Waals surface area contributed by atoms with Crippen LogP contribution in [0.15, 0.2) is 4.52 Å². The van der Waals surface area contributed by atoms with Gasteiger partial charge in [-0.1, -0.05) is 5.16 Å². The lowest BCUT2D eigenvalue weighted by Crippen LogP contribution is -2.46. The fourth-order valence-electron chi connectivity index (χ4n) is 2.52. The highest BCUT2D eigenvalue weighted by Gasteiger charge is 2.27. The molecule has 94 valence electrons. The van der Waals surface area contributed by atoms with E-state index in [4.69, 9.17) is 4.52 Å². The van der Waals surface area contributed by atoms with Crippen LogP contribution in [0, 0.1) is 6.92 Å². The molecule has 0 bridgehead atoms. The van der Waals surface area contributed by atoms with Crippen molar-refractivity contribution >= 4 is 0 Å². The Morgan fingerprint density at radius 2 is 2.24 bits per heavy atom. The molecule has 17 heavy (non-hydrogen) atoms. The van der Waals surface area contributed by atoms with Gasteiger partial charge in [-0.25, -0.2) is 0 Å². The summed E-state index contributed by atoms with van der Waals surface area (Å²) in [6, 6.07) is 1.46. The van der Waals surface area contributed by atoms with E-state index in [-0.39, 0.29) is 0 Å². The van der Waals surface area contributed by atoms with E-state index in [0.29, 0.717) is 11.9 Å². The van der Waals surface area contributed by atoms with Gasteiger partial charge in [0.25, 0.3) is 0 Å². The summed E-state index contributed by atoms with van der Waals surface area (Å²) in [6.07, 6.45) is 5.29. The number of piperidine rings is 1. The maximum Gasteiger partial charge on any atom is 0.223 e. The van der Waals surface area contributed by atoms with Gasteiger partial charge in [0.15, 0.2) is 5.82 Å². The van der Waals surface area contributed by atoms with Crippen molar-refractivity contribution in [2.75, 3.05) is 13.1 Å². The van der Waals surface area contributed by atoms with Crippen molar-refractivity contribution in [3.8, 4) is 0 Å². The van der Waals surface area contributed by atoms with Gasteiger partial charge in [0.1, 0.15) is 0 Å². The maximum absolute atomic E-state index is 5.00. The van der Waals surface area contributed by atoms with E-state index in [1.54, 1.807) is 0 Å². The van der Waals surface area contributed by atoms with Crippen molar-refractivity contribution in [2.45, 2.75) is 51.2 Å². The average Bonchev–Trinajstić information content (AvgIpc) is 3.02. The predicted molar refractivity (Wildman–Crippen MR) is 63.5 cm³/mol. The lowest BCUT2D eigenvalue weighted by atomic mass is 10.1. The second-order valence-corrected chi connectivity index (χ2v) is 5.24. The topological polar surface area (TPSA) is 54.2 Å². The van der Waals surface area contributed by atoms with Crippen LogP contribution in [0.25, 0.3) is 0 Å². The zero-order valence-electron chi connectivity index (χ0n) is 10.4. The molecule has 5 heteroatoms. The number of hydrogen-bond acceptors (Lipinski definition) is 5. The van der Waals surface area contributed by atoms with E-state index in [2.05, 4.69) is 20.4 Å². The van der Waals surface area contributed by atoms with Gasteiger partial charge < -0.3 is 9.84 Å². The molecule has 1 aliphatic carbocycles. The Kier molecular flexibility index (Phi) is 3.11. The molecular weight excluding hydrogens is 216 g/mol. The summed E-state index contributed by atoms with van der Waals surface area (Å²) in [5, 5.41) is 7.67. The number of rotatable bonds is 4. The molecule has 0 aromatic carbocycles. The van der Waals surface area contributed by atoms with Crippen molar-refractivity contribution in [3.05, 3.63) is 11.7 Å². The van der Waals surface area contributed by atoms with Gasteiger partial charge in [0, 0.05) is 25.6 Å². The van der Waals surface area contributed by atoms with Crippen molar-refractivity contribution < 1.29 is 4.52 Å². The van der Waals surface area contributed by atoms with Gasteiger partial charge in [0.05, 0.1) is 6.54 Å². The molecule has 0 spiro atoms. The highest BCUT2D eigenvalue weighted by Crippen LogP contribution is 2.22. The molecule has 5 nitrogen and oxygen atoms in total. The fraction of sp³-hybridized carbons (Fsp3) is 0.833. The maximum atomic E-state index is 5.00. The number of likely N-dealkylation sites (tertiary alicyclic amines) is 1. The Morgan fingerprint density at radius 1 is 1.35 bits per heavy atom. The van der Waals surface area contributed by atoms with Gasteiger partial charge in [-0.15, -0.1) is 0 Å². The van der Waals surface area contributed by atoms with Crippen LogP contribution in [0.3, 0.4) is 0 Å². The lowest BCUT2D eigenvalue weighted by Gasteiger charge is -2.32. The van der Waals surface area contributed by atoms with Crippen LogP contribution < -0.4 is 5.32 Å². The molecular formula is C12H20N4O. The third kappa shape index (κ3) is 3.04. The molecule has 2 heterocycles. The first-order chi connectivity index (χ1) is 8.29. The minimum atomic E-state index is 0.657. The molecule has 1 aromatic rings. The highest BCUT2D eigenvalue weighted by atomic mass is 16.5. The van der Waals surface area contributed by atoms with E-state index in [1.807, 2.05) is 6.92 Å². The zero-order chi connectivity index (χ0) is 11.7. The average molecular weight is 236 g/mol. The standard InChI is InChI=1S/C12H20N4O/c1-9-13-12(15-17-9)8-16-6-2-3-11(7-16)14-10-4-5-10/h10-11,14H,2-8H2,1H3. The molecule has 1 saturated heterocycles. The molecule has 1 aromatic heterocycles. The minimum absolute atomic E-state index is 0.657. The fourth-order valence-corrected chi connectivity index (χ4v) is 2.52. The molecule has 0 amide bonds. The van der Waals surface area contributed by atoms with Crippen molar-refractivity contribution in [3.63, 3.8) is 0 Å². The smallest absolute Gasteiger partial charge is 0.223 e. The third-order valence-electron chi connectivity index (χ3n) is 3.49.